The molecule has 0 fully saturated rings. The number of nitrogens with one attached hydrogen (secondary N) is 2. The van der Waals surface area contributed by atoms with Crippen molar-refractivity contribution in [2.24, 2.45) is 0 Å². The fraction of sp³-hybridized carbons (Fsp3) is 0.350. The van der Waals surface area contributed by atoms with Crippen LogP contribution in [0, 0.1) is 0 Å². The second kappa shape index (κ2) is 9.68. The number of esters is 1. The predicted molar refractivity (Wildman–Crippen MR) is 108 cm³/mol. The average Bonchev–Trinajstić information content (AvgIpc) is 2.68. The van der Waals surface area contributed by atoms with E-state index in [2.05, 4.69) is 20.4 Å². The highest BCUT2D eigenvalue weighted by molar-refractivity contribution is 6.03. The van der Waals surface area contributed by atoms with E-state index >= 15 is 0 Å². The van der Waals surface area contributed by atoms with Gasteiger partial charge < -0.3 is 20.1 Å². The number of benzene rings is 1. The summed E-state index contributed by atoms with van der Waals surface area (Å²) in [6.07, 6.45) is 0.522. The molecular formula is C20H24N4O6. The molecule has 0 aliphatic heterocycles. The lowest BCUT2D eigenvalue weighted by atomic mass is 10.2. The molecule has 0 bridgehead atoms. The minimum Gasteiger partial charge on any atom is -0.467 e. The summed E-state index contributed by atoms with van der Waals surface area (Å²) < 4.78 is 10.9. The second-order valence-corrected chi connectivity index (χ2v) is 7.29. The molecule has 2 N–H and O–H groups in total. The largest absolute Gasteiger partial charge is 0.467 e. The molecule has 160 valence electrons. The van der Waals surface area contributed by atoms with E-state index in [-0.39, 0.29) is 12.4 Å². The molecule has 2 aromatic rings. The molecule has 2 rings (SSSR count). The summed E-state index contributed by atoms with van der Waals surface area (Å²) >= 11 is 0. The quantitative estimate of drug-likeness (QED) is 0.684. The van der Waals surface area contributed by atoms with Crippen LogP contribution in [-0.4, -0.2) is 46.3 Å². The van der Waals surface area contributed by atoms with Crippen LogP contribution in [-0.2, 0) is 20.8 Å². The van der Waals surface area contributed by atoms with Gasteiger partial charge in [-0.2, -0.15) is 4.98 Å². The zero-order valence-corrected chi connectivity index (χ0v) is 17.2. The molecule has 0 aliphatic rings. The highest BCUT2D eigenvalue weighted by atomic mass is 16.6. The van der Waals surface area contributed by atoms with Crippen LogP contribution >= 0.6 is 0 Å². The third-order valence-electron chi connectivity index (χ3n) is 3.71. The summed E-state index contributed by atoms with van der Waals surface area (Å²) in [6, 6.07) is 8.69. The van der Waals surface area contributed by atoms with E-state index in [1.807, 2.05) is 0 Å². The standard InChI is InChI=1S/C20H24N4O6/c1-20(2,3)30-19(28)21-14(17(26)29-4)12-24-11-10-15(23-18(24)27)22-16(25)13-8-6-5-7-9-13/h5-11,14H,12H2,1-4H3,(H,21,28)(H,22,23,25,27)/t14-/m0/s1. The van der Waals surface area contributed by atoms with Crippen LogP contribution in [0.5, 0.6) is 0 Å². The Balaban J connectivity index is 2.11. The van der Waals surface area contributed by atoms with Gasteiger partial charge in [0.2, 0.25) is 0 Å². The third-order valence-corrected chi connectivity index (χ3v) is 3.71. The van der Waals surface area contributed by atoms with Gasteiger partial charge in [0.1, 0.15) is 17.5 Å². The maximum absolute atomic E-state index is 12.3. The lowest BCUT2D eigenvalue weighted by molar-refractivity contribution is -0.143. The number of amides is 2. The molecule has 1 heterocycles. The van der Waals surface area contributed by atoms with E-state index in [1.165, 1.54) is 12.3 Å². The number of rotatable bonds is 6. The number of hydrogen-bond donors (Lipinski definition) is 2. The zero-order valence-electron chi connectivity index (χ0n) is 17.2. The summed E-state index contributed by atoms with van der Waals surface area (Å²) in [7, 11) is 1.16. The van der Waals surface area contributed by atoms with Gasteiger partial charge in [-0.15, -0.1) is 0 Å². The van der Waals surface area contributed by atoms with Crippen LogP contribution in [0.3, 0.4) is 0 Å². The summed E-state index contributed by atoms with van der Waals surface area (Å²) in [5.74, 6) is -1.12. The van der Waals surface area contributed by atoms with Crippen LogP contribution in [0.15, 0.2) is 47.4 Å². The van der Waals surface area contributed by atoms with Crippen molar-refractivity contribution in [3.05, 3.63) is 58.6 Å². The Morgan fingerprint density at radius 1 is 1.13 bits per heavy atom. The van der Waals surface area contributed by atoms with Crippen LogP contribution in [0.25, 0.3) is 0 Å². The van der Waals surface area contributed by atoms with Crippen LogP contribution < -0.4 is 16.3 Å². The van der Waals surface area contributed by atoms with Crippen LogP contribution in [0.4, 0.5) is 10.6 Å². The zero-order chi connectivity index (χ0) is 22.3. The first kappa shape index (κ1) is 22.6. The number of alkyl carbamates (subject to hydrolysis) is 1. The van der Waals surface area contributed by atoms with Gasteiger partial charge in [0, 0.05) is 11.8 Å². The summed E-state index contributed by atoms with van der Waals surface area (Å²) in [5.41, 5.74) is -1.07. The monoisotopic (exact) mass is 416 g/mol. The Kier molecular flexibility index (Phi) is 7.29. The SMILES string of the molecule is COC(=O)[C@H](Cn1ccc(NC(=O)c2ccccc2)nc1=O)NC(=O)OC(C)(C)C. The Morgan fingerprint density at radius 2 is 1.80 bits per heavy atom. The Morgan fingerprint density at radius 3 is 2.37 bits per heavy atom. The van der Waals surface area contributed by atoms with Crippen LogP contribution in [0.2, 0.25) is 0 Å². The summed E-state index contributed by atoms with van der Waals surface area (Å²) in [4.78, 5) is 52.3. The highest BCUT2D eigenvalue weighted by Gasteiger charge is 2.26. The first-order valence-corrected chi connectivity index (χ1v) is 9.10. The van der Waals surface area contributed by atoms with Gasteiger partial charge in [-0.05, 0) is 39.0 Å². The summed E-state index contributed by atoms with van der Waals surface area (Å²) in [6.45, 7) is 4.80. The first-order valence-electron chi connectivity index (χ1n) is 9.10. The van der Waals surface area contributed by atoms with Crippen molar-refractivity contribution < 1.29 is 23.9 Å². The Bertz CT molecular complexity index is 965. The van der Waals surface area contributed by atoms with Gasteiger partial charge >= 0.3 is 17.8 Å². The number of carbonyl (C=O) groups excluding carboxylic acids is 3. The molecule has 1 atom stereocenters. The molecule has 0 saturated heterocycles. The van der Waals surface area contributed by atoms with E-state index in [0.29, 0.717) is 5.56 Å². The first-order chi connectivity index (χ1) is 14.1. The number of methoxy groups -OCH3 is 1. The highest BCUT2D eigenvalue weighted by Crippen LogP contribution is 2.08. The molecule has 30 heavy (non-hydrogen) atoms. The van der Waals surface area contributed by atoms with Gasteiger partial charge in [0.25, 0.3) is 5.91 Å². The van der Waals surface area contributed by atoms with Crippen molar-refractivity contribution >= 4 is 23.8 Å². The van der Waals surface area contributed by atoms with Gasteiger partial charge in [-0.1, -0.05) is 18.2 Å². The van der Waals surface area contributed by atoms with Crippen molar-refractivity contribution in [3.8, 4) is 0 Å². The number of nitrogens with zero attached hydrogens (tertiary/aromatic N) is 2. The maximum Gasteiger partial charge on any atom is 0.408 e. The molecule has 2 amide bonds. The topological polar surface area (TPSA) is 129 Å². The number of aromatic nitrogens is 2. The Hall–Kier alpha value is -3.69. The molecule has 1 aromatic heterocycles. The van der Waals surface area contributed by atoms with Crippen molar-refractivity contribution in [3.63, 3.8) is 0 Å². The second-order valence-electron chi connectivity index (χ2n) is 7.29. The fourth-order valence-electron chi connectivity index (χ4n) is 2.38. The Labute approximate surface area is 173 Å². The molecule has 0 aliphatic carbocycles. The van der Waals surface area contributed by atoms with Gasteiger partial charge in [-0.25, -0.2) is 14.4 Å². The normalized spacial score (nSPS) is 11.9. The molecule has 10 nitrogen and oxygen atoms in total. The summed E-state index contributed by atoms with van der Waals surface area (Å²) in [5, 5.41) is 4.90. The van der Waals surface area contributed by atoms with E-state index in [0.717, 1.165) is 11.7 Å². The predicted octanol–water partition coefficient (Wildman–Crippen LogP) is 1.56. The average molecular weight is 416 g/mol. The minimum absolute atomic E-state index is 0.0554. The lowest BCUT2D eigenvalue weighted by Crippen LogP contribution is -2.47. The minimum atomic E-state index is -1.17. The van der Waals surface area contributed by atoms with E-state index < -0.39 is 35.3 Å². The molecular weight excluding hydrogens is 392 g/mol. The molecule has 1 aromatic carbocycles. The number of ether oxygens (including phenoxy) is 2. The molecule has 10 heteroatoms. The molecule has 0 unspecified atom stereocenters. The van der Waals surface area contributed by atoms with E-state index in [1.54, 1.807) is 51.1 Å². The molecule has 0 radical (unpaired) electrons. The number of hydrogen-bond acceptors (Lipinski definition) is 7. The lowest BCUT2D eigenvalue weighted by Gasteiger charge is -2.22. The fourth-order valence-corrected chi connectivity index (χ4v) is 2.38. The van der Waals surface area contributed by atoms with Crippen molar-refractivity contribution in [2.75, 3.05) is 12.4 Å². The van der Waals surface area contributed by atoms with Crippen molar-refractivity contribution in [2.45, 2.75) is 39.0 Å². The van der Waals surface area contributed by atoms with Crippen molar-refractivity contribution in [1.82, 2.24) is 14.9 Å². The van der Waals surface area contributed by atoms with Crippen molar-refractivity contribution in [1.29, 1.82) is 0 Å². The van der Waals surface area contributed by atoms with Crippen LogP contribution in [0.1, 0.15) is 31.1 Å². The van der Waals surface area contributed by atoms with Gasteiger partial charge in [0.05, 0.1) is 13.7 Å². The van der Waals surface area contributed by atoms with E-state index in [4.69, 9.17) is 4.74 Å². The number of carbonyl (C=O) groups is 3. The smallest absolute Gasteiger partial charge is 0.408 e. The van der Waals surface area contributed by atoms with E-state index in [9.17, 15) is 19.2 Å². The number of anilines is 1. The molecule has 0 spiro atoms. The molecule has 0 saturated carbocycles. The third kappa shape index (κ3) is 6.73. The van der Waals surface area contributed by atoms with Gasteiger partial charge in [-0.3, -0.25) is 9.36 Å². The maximum atomic E-state index is 12.3. The van der Waals surface area contributed by atoms with Gasteiger partial charge in [0.15, 0.2) is 0 Å².